The minimum atomic E-state index is -0.0137. The Hall–Kier alpha value is -2.83. The number of aromatic nitrogens is 1. The summed E-state index contributed by atoms with van der Waals surface area (Å²) in [4.78, 5) is 30.7. The Labute approximate surface area is 218 Å². The monoisotopic (exact) mass is 506 g/mol. The number of para-hydroxylation sites is 1. The molecule has 1 aromatic heterocycles. The lowest BCUT2D eigenvalue weighted by molar-refractivity contribution is -0.126. The number of hydrogen-bond acceptors (Lipinski definition) is 3. The van der Waals surface area contributed by atoms with Crippen molar-refractivity contribution in [2.24, 2.45) is 11.8 Å². The first-order valence-corrected chi connectivity index (χ1v) is 13.4. The molecular formula is C29H35ClN4O2. The number of nitrogens with one attached hydrogen (secondary N) is 1. The van der Waals surface area contributed by atoms with E-state index in [1.54, 1.807) is 0 Å². The third-order valence-electron chi connectivity index (χ3n) is 7.84. The molecule has 36 heavy (non-hydrogen) atoms. The Bertz CT molecular complexity index is 1210. The molecule has 3 heterocycles. The molecule has 0 spiro atoms. The second-order valence-corrected chi connectivity index (χ2v) is 10.8. The van der Waals surface area contributed by atoms with Crippen molar-refractivity contribution in [2.75, 3.05) is 39.8 Å². The van der Waals surface area contributed by atoms with E-state index >= 15 is 0 Å². The van der Waals surface area contributed by atoms with Crippen molar-refractivity contribution < 1.29 is 9.59 Å². The van der Waals surface area contributed by atoms with Crippen molar-refractivity contribution in [1.29, 1.82) is 0 Å². The summed E-state index contributed by atoms with van der Waals surface area (Å²) < 4.78 is 2.10. The molecule has 3 aromatic rings. The van der Waals surface area contributed by atoms with Crippen LogP contribution < -0.4 is 5.32 Å². The van der Waals surface area contributed by atoms with E-state index < -0.39 is 0 Å². The first-order chi connectivity index (χ1) is 17.5. The number of carbonyl (C=O) groups excluding carboxylic acids is 2. The van der Waals surface area contributed by atoms with Crippen LogP contribution in [0, 0.1) is 11.8 Å². The zero-order valence-electron chi connectivity index (χ0n) is 21.0. The predicted octanol–water partition coefficient (Wildman–Crippen LogP) is 4.65. The number of rotatable bonds is 6. The van der Waals surface area contributed by atoms with Gasteiger partial charge >= 0.3 is 0 Å². The van der Waals surface area contributed by atoms with Gasteiger partial charge in [0.15, 0.2) is 0 Å². The number of carbonyl (C=O) groups is 2. The van der Waals surface area contributed by atoms with Crippen LogP contribution in [0.1, 0.15) is 41.7 Å². The quantitative estimate of drug-likeness (QED) is 0.529. The zero-order chi connectivity index (χ0) is 25.1. The largest absolute Gasteiger partial charge is 0.356 e. The fourth-order valence-corrected chi connectivity index (χ4v) is 5.62. The van der Waals surface area contributed by atoms with Gasteiger partial charge in [-0.2, -0.15) is 0 Å². The highest BCUT2D eigenvalue weighted by Gasteiger charge is 2.30. The van der Waals surface area contributed by atoms with Gasteiger partial charge in [-0.15, -0.1) is 0 Å². The summed E-state index contributed by atoms with van der Waals surface area (Å²) in [5.74, 6) is 0.748. The van der Waals surface area contributed by atoms with E-state index in [0.29, 0.717) is 49.1 Å². The summed E-state index contributed by atoms with van der Waals surface area (Å²) in [6.07, 6.45) is 3.71. The van der Waals surface area contributed by atoms with E-state index in [0.717, 1.165) is 48.9 Å². The molecule has 6 nitrogen and oxygen atoms in total. The summed E-state index contributed by atoms with van der Waals surface area (Å²) in [6, 6.07) is 17.9. The summed E-state index contributed by atoms with van der Waals surface area (Å²) in [7, 11) is 2.15. The average Bonchev–Trinajstić information content (AvgIpc) is 3.27. The van der Waals surface area contributed by atoms with Gasteiger partial charge in [0.2, 0.25) is 5.91 Å². The van der Waals surface area contributed by atoms with Crippen LogP contribution >= 0.6 is 11.6 Å². The third kappa shape index (κ3) is 5.60. The number of benzene rings is 2. The SMILES string of the molecule is CN1CCC(CNC(=O)C2CCN(C(=O)c3cc4ccccc4n3Cc3ccc(Cl)cc3)CC2)CC1. The second kappa shape index (κ2) is 11.1. The molecule has 2 aliphatic heterocycles. The van der Waals surface area contributed by atoms with Crippen molar-refractivity contribution in [3.05, 3.63) is 70.9 Å². The second-order valence-electron chi connectivity index (χ2n) is 10.4. The van der Waals surface area contributed by atoms with Crippen LogP contribution in [0.4, 0.5) is 0 Å². The number of amides is 2. The zero-order valence-corrected chi connectivity index (χ0v) is 21.7. The summed E-state index contributed by atoms with van der Waals surface area (Å²) in [6.45, 7) is 4.80. The molecule has 2 amide bonds. The molecule has 0 atom stereocenters. The highest BCUT2D eigenvalue weighted by molar-refractivity contribution is 6.30. The van der Waals surface area contributed by atoms with Crippen LogP contribution in [0.2, 0.25) is 5.02 Å². The maximum absolute atomic E-state index is 13.6. The molecule has 2 fully saturated rings. The first kappa shape index (κ1) is 24.8. The normalized spacial score (nSPS) is 18.0. The molecule has 0 bridgehead atoms. The lowest BCUT2D eigenvalue weighted by Gasteiger charge is -2.32. The van der Waals surface area contributed by atoms with Crippen LogP contribution in [0.15, 0.2) is 54.6 Å². The van der Waals surface area contributed by atoms with Crippen molar-refractivity contribution >= 4 is 34.3 Å². The van der Waals surface area contributed by atoms with Gasteiger partial charge in [0.25, 0.3) is 5.91 Å². The fourth-order valence-electron chi connectivity index (χ4n) is 5.49. The average molecular weight is 507 g/mol. The maximum atomic E-state index is 13.6. The van der Waals surface area contributed by atoms with Crippen molar-refractivity contribution in [2.45, 2.75) is 32.2 Å². The Morgan fingerprint density at radius 3 is 2.36 bits per heavy atom. The van der Waals surface area contributed by atoms with Crippen LogP contribution in [0.25, 0.3) is 10.9 Å². The number of hydrogen-bond donors (Lipinski definition) is 1. The first-order valence-electron chi connectivity index (χ1n) is 13.1. The molecule has 190 valence electrons. The van der Waals surface area contributed by atoms with Gasteiger partial charge in [-0.1, -0.05) is 41.9 Å². The van der Waals surface area contributed by atoms with Gasteiger partial charge in [-0.05, 0) is 81.6 Å². The smallest absolute Gasteiger partial charge is 0.270 e. The van der Waals surface area contributed by atoms with E-state index in [1.165, 1.54) is 0 Å². The molecule has 0 aliphatic carbocycles. The number of likely N-dealkylation sites (tertiary alicyclic amines) is 2. The Balaban J connectivity index is 1.23. The van der Waals surface area contributed by atoms with Crippen molar-refractivity contribution in [3.8, 4) is 0 Å². The van der Waals surface area contributed by atoms with E-state index in [9.17, 15) is 9.59 Å². The Morgan fingerprint density at radius 1 is 0.944 bits per heavy atom. The van der Waals surface area contributed by atoms with Gasteiger partial charge in [0, 0.05) is 48.0 Å². The third-order valence-corrected chi connectivity index (χ3v) is 8.09. The number of halogens is 1. The topological polar surface area (TPSA) is 57.6 Å². The minimum Gasteiger partial charge on any atom is -0.356 e. The summed E-state index contributed by atoms with van der Waals surface area (Å²) in [5, 5.41) is 4.95. The Kier molecular flexibility index (Phi) is 7.63. The van der Waals surface area contributed by atoms with Crippen LogP contribution in [0.3, 0.4) is 0 Å². The molecule has 0 saturated carbocycles. The number of piperidine rings is 2. The number of nitrogens with zero attached hydrogens (tertiary/aromatic N) is 3. The molecule has 2 saturated heterocycles. The van der Waals surface area contributed by atoms with E-state index in [1.807, 2.05) is 53.4 Å². The fraction of sp³-hybridized carbons (Fsp3) is 0.448. The van der Waals surface area contributed by atoms with Crippen molar-refractivity contribution in [3.63, 3.8) is 0 Å². The van der Waals surface area contributed by atoms with E-state index in [2.05, 4.69) is 27.9 Å². The van der Waals surface area contributed by atoms with Gasteiger partial charge in [0.1, 0.15) is 5.69 Å². The molecule has 2 aliphatic rings. The van der Waals surface area contributed by atoms with E-state index in [-0.39, 0.29) is 17.7 Å². The van der Waals surface area contributed by atoms with Crippen LogP contribution in [0.5, 0.6) is 0 Å². The number of fused-ring (bicyclic) bond motifs is 1. The van der Waals surface area contributed by atoms with Crippen LogP contribution in [-0.2, 0) is 11.3 Å². The van der Waals surface area contributed by atoms with Gasteiger partial charge in [0.05, 0.1) is 0 Å². The molecule has 0 unspecified atom stereocenters. The Morgan fingerprint density at radius 2 is 1.64 bits per heavy atom. The highest BCUT2D eigenvalue weighted by Crippen LogP contribution is 2.26. The highest BCUT2D eigenvalue weighted by atomic mass is 35.5. The summed E-state index contributed by atoms with van der Waals surface area (Å²) in [5.41, 5.74) is 2.82. The summed E-state index contributed by atoms with van der Waals surface area (Å²) >= 11 is 6.07. The lowest BCUT2D eigenvalue weighted by atomic mass is 9.94. The molecule has 2 aromatic carbocycles. The molecule has 5 rings (SSSR count). The lowest BCUT2D eigenvalue weighted by Crippen LogP contribution is -2.44. The molecular weight excluding hydrogens is 472 g/mol. The molecule has 1 N–H and O–H groups in total. The van der Waals surface area contributed by atoms with Crippen LogP contribution in [-0.4, -0.2) is 66.0 Å². The van der Waals surface area contributed by atoms with Crippen molar-refractivity contribution in [1.82, 2.24) is 19.7 Å². The molecule has 0 radical (unpaired) electrons. The van der Waals surface area contributed by atoms with Gasteiger partial charge < -0.3 is 19.7 Å². The predicted molar refractivity (Wildman–Crippen MR) is 144 cm³/mol. The van der Waals surface area contributed by atoms with Gasteiger partial charge in [-0.3, -0.25) is 9.59 Å². The molecule has 7 heteroatoms. The minimum absolute atomic E-state index is 0.0137. The van der Waals surface area contributed by atoms with E-state index in [4.69, 9.17) is 11.6 Å². The maximum Gasteiger partial charge on any atom is 0.270 e. The standard InChI is InChI=1S/C29H35ClN4O2/c1-32-14-10-21(11-15-32)19-31-28(35)23-12-16-33(17-13-23)29(36)27-18-24-4-2-3-5-26(24)34(27)20-22-6-8-25(30)9-7-22/h2-9,18,21,23H,10-17,19-20H2,1H3,(H,31,35). The van der Waals surface area contributed by atoms with Gasteiger partial charge in [-0.25, -0.2) is 0 Å².